The number of nitrogens with one attached hydrogen (secondary N) is 1. The number of rotatable bonds is 4. The van der Waals surface area contributed by atoms with Crippen molar-refractivity contribution in [2.45, 2.75) is 13.0 Å². The number of hydrogen-bond donors (Lipinski definition) is 1. The van der Waals surface area contributed by atoms with E-state index in [9.17, 15) is 0 Å². The van der Waals surface area contributed by atoms with Gasteiger partial charge in [-0.2, -0.15) is 0 Å². The molecule has 0 spiro atoms. The largest absolute Gasteiger partial charge is 0.467 e. The van der Waals surface area contributed by atoms with Crippen LogP contribution in [0.2, 0.25) is 0 Å². The summed E-state index contributed by atoms with van der Waals surface area (Å²) in [7, 11) is 1.96. The highest BCUT2D eigenvalue weighted by Crippen LogP contribution is 2.27. The van der Waals surface area contributed by atoms with E-state index in [-0.39, 0.29) is 6.04 Å². The van der Waals surface area contributed by atoms with Crippen LogP contribution < -0.4 is 5.32 Å². The standard InChI is InChI=1S/C15H15BrN4O/c1-10-8-11(9-18-14(10)16)19-13(12-4-3-7-21-12)15-17-5-6-20(15)2/h3-9,13,19H,1-2H3. The van der Waals surface area contributed by atoms with Gasteiger partial charge in [-0.25, -0.2) is 9.97 Å². The van der Waals surface area contributed by atoms with Gasteiger partial charge < -0.3 is 14.3 Å². The lowest BCUT2D eigenvalue weighted by atomic mass is 10.2. The molecular formula is C15H15BrN4O. The average molecular weight is 347 g/mol. The Morgan fingerprint density at radius 2 is 2.24 bits per heavy atom. The molecule has 0 fully saturated rings. The maximum atomic E-state index is 5.56. The number of nitrogens with zero attached hydrogens (tertiary/aromatic N) is 3. The molecule has 0 amide bonds. The Kier molecular flexibility index (Phi) is 3.79. The Morgan fingerprint density at radius 1 is 1.38 bits per heavy atom. The van der Waals surface area contributed by atoms with Gasteiger partial charge in [0, 0.05) is 19.4 Å². The zero-order chi connectivity index (χ0) is 14.8. The topological polar surface area (TPSA) is 55.9 Å². The predicted molar refractivity (Wildman–Crippen MR) is 84.1 cm³/mol. The first kappa shape index (κ1) is 13.9. The number of aromatic nitrogens is 3. The van der Waals surface area contributed by atoms with Crippen LogP contribution in [0.25, 0.3) is 0 Å². The van der Waals surface area contributed by atoms with E-state index in [1.807, 2.05) is 42.9 Å². The van der Waals surface area contributed by atoms with Gasteiger partial charge in [0.25, 0.3) is 0 Å². The fourth-order valence-electron chi connectivity index (χ4n) is 2.18. The maximum Gasteiger partial charge on any atom is 0.143 e. The summed E-state index contributed by atoms with van der Waals surface area (Å²) in [6.45, 7) is 2.00. The van der Waals surface area contributed by atoms with Crippen molar-refractivity contribution >= 4 is 21.6 Å². The summed E-state index contributed by atoms with van der Waals surface area (Å²) in [6, 6.07) is 5.68. The van der Waals surface area contributed by atoms with Crippen LogP contribution in [0.3, 0.4) is 0 Å². The summed E-state index contributed by atoms with van der Waals surface area (Å²) in [6.07, 6.45) is 7.14. The molecule has 0 aliphatic carbocycles. The normalized spacial score (nSPS) is 12.3. The van der Waals surface area contributed by atoms with E-state index in [0.29, 0.717) is 0 Å². The van der Waals surface area contributed by atoms with Gasteiger partial charge in [-0.15, -0.1) is 0 Å². The summed E-state index contributed by atoms with van der Waals surface area (Å²) >= 11 is 3.41. The van der Waals surface area contributed by atoms with Crippen molar-refractivity contribution in [3.63, 3.8) is 0 Å². The highest BCUT2D eigenvalue weighted by molar-refractivity contribution is 9.10. The summed E-state index contributed by atoms with van der Waals surface area (Å²) < 4.78 is 8.37. The highest BCUT2D eigenvalue weighted by Gasteiger charge is 2.21. The van der Waals surface area contributed by atoms with Crippen LogP contribution in [0.5, 0.6) is 0 Å². The van der Waals surface area contributed by atoms with Crippen LogP contribution in [0, 0.1) is 6.92 Å². The van der Waals surface area contributed by atoms with E-state index >= 15 is 0 Å². The average Bonchev–Trinajstić information content (AvgIpc) is 3.12. The lowest BCUT2D eigenvalue weighted by Gasteiger charge is -2.18. The van der Waals surface area contributed by atoms with Crippen LogP contribution in [-0.4, -0.2) is 14.5 Å². The molecule has 0 radical (unpaired) electrons. The van der Waals surface area contributed by atoms with Crippen LogP contribution in [-0.2, 0) is 7.05 Å². The zero-order valence-electron chi connectivity index (χ0n) is 11.7. The smallest absolute Gasteiger partial charge is 0.143 e. The third-order valence-corrected chi connectivity index (χ3v) is 4.10. The number of hydrogen-bond acceptors (Lipinski definition) is 4. The van der Waals surface area contributed by atoms with Gasteiger partial charge in [0.05, 0.1) is 18.1 Å². The molecule has 5 nitrogen and oxygen atoms in total. The SMILES string of the molecule is Cc1cc(NC(c2ccco2)c2nccn2C)cnc1Br. The quantitative estimate of drug-likeness (QED) is 0.732. The monoisotopic (exact) mass is 346 g/mol. The van der Waals surface area contributed by atoms with Gasteiger partial charge in [0.2, 0.25) is 0 Å². The zero-order valence-corrected chi connectivity index (χ0v) is 13.3. The van der Waals surface area contributed by atoms with Crippen molar-refractivity contribution in [3.8, 4) is 0 Å². The molecule has 0 saturated heterocycles. The summed E-state index contributed by atoms with van der Waals surface area (Å²) in [4.78, 5) is 8.73. The lowest BCUT2D eigenvalue weighted by molar-refractivity contribution is 0.488. The molecule has 3 aromatic heterocycles. The minimum Gasteiger partial charge on any atom is -0.467 e. The fourth-order valence-corrected chi connectivity index (χ4v) is 2.39. The van der Waals surface area contributed by atoms with Crippen LogP contribution in [0.4, 0.5) is 5.69 Å². The minimum absolute atomic E-state index is 0.164. The maximum absolute atomic E-state index is 5.56. The molecule has 0 aromatic carbocycles. The highest BCUT2D eigenvalue weighted by atomic mass is 79.9. The Bertz CT molecular complexity index is 736. The number of halogens is 1. The van der Waals surface area contributed by atoms with Gasteiger partial charge in [-0.05, 0) is 46.6 Å². The lowest BCUT2D eigenvalue weighted by Crippen LogP contribution is -2.16. The molecule has 1 unspecified atom stereocenters. The molecule has 108 valence electrons. The number of pyridine rings is 1. The van der Waals surface area contributed by atoms with Gasteiger partial charge in [-0.3, -0.25) is 0 Å². The summed E-state index contributed by atoms with van der Waals surface area (Å²) in [5, 5.41) is 3.43. The molecular weight excluding hydrogens is 332 g/mol. The molecule has 0 aliphatic rings. The number of anilines is 1. The first-order chi connectivity index (χ1) is 10.1. The van der Waals surface area contributed by atoms with Gasteiger partial charge in [-0.1, -0.05) is 0 Å². The first-order valence-corrected chi connectivity index (χ1v) is 7.34. The van der Waals surface area contributed by atoms with E-state index in [1.54, 1.807) is 18.7 Å². The van der Waals surface area contributed by atoms with Crippen LogP contribution in [0.1, 0.15) is 23.2 Å². The molecule has 0 saturated carbocycles. The molecule has 0 bridgehead atoms. The van der Waals surface area contributed by atoms with Crippen molar-refractivity contribution in [2.24, 2.45) is 7.05 Å². The van der Waals surface area contributed by atoms with Gasteiger partial charge in [0.1, 0.15) is 22.2 Å². The Balaban J connectivity index is 1.97. The molecule has 1 atom stereocenters. The molecule has 3 heterocycles. The third-order valence-electron chi connectivity index (χ3n) is 3.27. The van der Waals surface area contributed by atoms with E-state index < -0.39 is 0 Å². The van der Waals surface area contributed by atoms with Crippen LogP contribution >= 0.6 is 15.9 Å². The molecule has 3 rings (SSSR count). The second-order valence-corrected chi connectivity index (χ2v) is 5.57. The molecule has 0 aliphatic heterocycles. The van der Waals surface area contributed by atoms with Crippen molar-refractivity contribution in [1.82, 2.24) is 14.5 Å². The fraction of sp³-hybridized carbons (Fsp3) is 0.200. The van der Waals surface area contributed by atoms with Crippen molar-refractivity contribution in [3.05, 3.63) is 64.8 Å². The van der Waals surface area contributed by atoms with Crippen molar-refractivity contribution < 1.29 is 4.42 Å². The van der Waals surface area contributed by atoms with E-state index in [2.05, 4.69) is 31.2 Å². The Hall–Kier alpha value is -2.08. The number of aryl methyl sites for hydroxylation is 2. The number of imidazole rings is 1. The predicted octanol–water partition coefficient (Wildman–Crippen LogP) is 3.68. The van der Waals surface area contributed by atoms with Gasteiger partial charge in [0.15, 0.2) is 0 Å². The van der Waals surface area contributed by atoms with Crippen molar-refractivity contribution in [2.75, 3.05) is 5.32 Å². The van der Waals surface area contributed by atoms with Crippen molar-refractivity contribution in [1.29, 1.82) is 0 Å². The second kappa shape index (κ2) is 5.73. The summed E-state index contributed by atoms with van der Waals surface area (Å²) in [5.74, 6) is 1.69. The molecule has 21 heavy (non-hydrogen) atoms. The van der Waals surface area contributed by atoms with E-state index in [0.717, 1.165) is 27.4 Å². The van der Waals surface area contributed by atoms with E-state index in [4.69, 9.17) is 4.42 Å². The number of furan rings is 1. The van der Waals surface area contributed by atoms with Gasteiger partial charge >= 0.3 is 0 Å². The molecule has 1 N–H and O–H groups in total. The summed E-state index contributed by atoms with van der Waals surface area (Å²) in [5.41, 5.74) is 1.98. The Morgan fingerprint density at radius 3 is 2.86 bits per heavy atom. The molecule has 6 heteroatoms. The van der Waals surface area contributed by atoms with E-state index in [1.165, 1.54) is 0 Å². The second-order valence-electron chi connectivity index (χ2n) is 4.82. The minimum atomic E-state index is -0.164. The Labute approximate surface area is 131 Å². The third kappa shape index (κ3) is 2.85. The molecule has 3 aromatic rings. The van der Waals surface area contributed by atoms with Crippen LogP contribution in [0.15, 0.2) is 52.1 Å². The first-order valence-electron chi connectivity index (χ1n) is 6.54.